The number of halogens is 1. The minimum atomic E-state index is -1.21. The summed E-state index contributed by atoms with van der Waals surface area (Å²) in [5, 5.41) is 40.2. The number of phenols is 1. The van der Waals surface area contributed by atoms with E-state index in [2.05, 4.69) is 24.0 Å². The van der Waals surface area contributed by atoms with Crippen LogP contribution in [-0.2, 0) is 6.42 Å². The fourth-order valence-corrected chi connectivity index (χ4v) is 2.32. The number of aromatic hydroxyl groups is 1. The molecular formula is C15H15ClN4O7. The first-order chi connectivity index (χ1) is 12.6. The highest BCUT2D eigenvalue weighted by Crippen LogP contribution is 2.38. The minimum Gasteiger partial charge on any atom is -0.497 e. The van der Waals surface area contributed by atoms with Crippen LogP contribution in [0.15, 0.2) is 24.3 Å². The predicted octanol–water partition coefficient (Wildman–Crippen LogP) is 3.60. The summed E-state index contributed by atoms with van der Waals surface area (Å²) in [7, 11) is 0. The molecule has 0 bridgehead atoms. The molecule has 12 heteroatoms. The second kappa shape index (κ2) is 9.38. The van der Waals surface area contributed by atoms with Gasteiger partial charge >= 0.3 is 11.4 Å². The SMILES string of the molecule is Cc1cc(C)nc(CCCl)c1.O=[N+]([O-])c1cc([N+](=O)[O-])c(O)c([N+](=O)[O-])c1. The van der Waals surface area contributed by atoms with Crippen molar-refractivity contribution in [2.45, 2.75) is 20.3 Å². The zero-order valence-corrected chi connectivity index (χ0v) is 15.0. The van der Waals surface area contributed by atoms with E-state index in [-0.39, 0.29) is 0 Å². The monoisotopic (exact) mass is 398 g/mol. The highest BCUT2D eigenvalue weighted by atomic mass is 35.5. The quantitative estimate of drug-likeness (QED) is 0.453. The summed E-state index contributed by atoms with van der Waals surface area (Å²) in [5.41, 5.74) is 0.429. The van der Waals surface area contributed by atoms with Crippen LogP contribution in [0.1, 0.15) is 17.0 Å². The summed E-state index contributed by atoms with van der Waals surface area (Å²) in [6.07, 6.45) is 0.865. The first-order valence-electron chi connectivity index (χ1n) is 7.37. The number of hydrogen-bond acceptors (Lipinski definition) is 8. The van der Waals surface area contributed by atoms with Crippen molar-refractivity contribution >= 4 is 28.7 Å². The fraction of sp³-hybridized carbons (Fsp3) is 0.267. The summed E-state index contributed by atoms with van der Waals surface area (Å²) in [6.45, 7) is 4.08. The van der Waals surface area contributed by atoms with E-state index < -0.39 is 37.6 Å². The van der Waals surface area contributed by atoms with Gasteiger partial charge in [-0.15, -0.1) is 11.6 Å². The van der Waals surface area contributed by atoms with Gasteiger partial charge in [-0.05, 0) is 31.5 Å². The molecule has 0 aliphatic heterocycles. The van der Waals surface area contributed by atoms with Gasteiger partial charge in [-0.2, -0.15) is 0 Å². The Morgan fingerprint density at radius 3 is 1.85 bits per heavy atom. The van der Waals surface area contributed by atoms with Gasteiger partial charge in [0.05, 0.1) is 26.9 Å². The number of hydrogen-bond donors (Lipinski definition) is 1. The van der Waals surface area contributed by atoms with Crippen molar-refractivity contribution in [1.29, 1.82) is 0 Å². The molecule has 0 saturated heterocycles. The maximum atomic E-state index is 10.4. The Bertz CT molecular complexity index is 833. The van der Waals surface area contributed by atoms with E-state index in [4.69, 9.17) is 16.7 Å². The van der Waals surface area contributed by atoms with E-state index in [1.54, 1.807) is 0 Å². The largest absolute Gasteiger partial charge is 0.497 e. The van der Waals surface area contributed by atoms with Crippen LogP contribution in [0.2, 0.25) is 0 Å². The Balaban J connectivity index is 0.000000289. The van der Waals surface area contributed by atoms with Gasteiger partial charge in [0.1, 0.15) is 0 Å². The number of benzene rings is 1. The van der Waals surface area contributed by atoms with Crippen molar-refractivity contribution in [2.75, 3.05) is 5.88 Å². The summed E-state index contributed by atoms with van der Waals surface area (Å²) < 4.78 is 0. The van der Waals surface area contributed by atoms with Crippen molar-refractivity contribution < 1.29 is 19.9 Å². The van der Waals surface area contributed by atoms with Gasteiger partial charge < -0.3 is 5.11 Å². The normalized spacial score (nSPS) is 9.89. The van der Waals surface area contributed by atoms with Crippen LogP contribution in [0.5, 0.6) is 5.75 Å². The predicted molar refractivity (Wildman–Crippen MR) is 96.2 cm³/mol. The Kier molecular flexibility index (Phi) is 7.54. The summed E-state index contributed by atoms with van der Waals surface area (Å²) in [5.74, 6) is -0.559. The molecule has 27 heavy (non-hydrogen) atoms. The molecule has 144 valence electrons. The number of nitro groups is 3. The minimum absolute atomic E-state index is 0.447. The molecule has 0 spiro atoms. The lowest BCUT2D eigenvalue weighted by Gasteiger charge is -2.00. The Hall–Kier alpha value is -3.34. The van der Waals surface area contributed by atoms with E-state index in [1.165, 1.54) is 5.56 Å². The molecule has 2 rings (SSSR count). The van der Waals surface area contributed by atoms with Gasteiger partial charge in [0, 0.05) is 23.7 Å². The van der Waals surface area contributed by atoms with Gasteiger partial charge in [-0.25, -0.2) is 0 Å². The van der Waals surface area contributed by atoms with E-state index in [1.807, 2.05) is 6.92 Å². The number of aromatic nitrogens is 1. The van der Waals surface area contributed by atoms with E-state index >= 15 is 0 Å². The molecule has 1 aromatic carbocycles. The molecule has 1 aromatic heterocycles. The lowest BCUT2D eigenvalue weighted by Crippen LogP contribution is -1.97. The number of pyridine rings is 1. The number of rotatable bonds is 5. The van der Waals surface area contributed by atoms with Crippen molar-refractivity contribution in [3.8, 4) is 5.75 Å². The maximum Gasteiger partial charge on any atom is 0.324 e. The lowest BCUT2D eigenvalue weighted by atomic mass is 10.2. The number of phenolic OH excluding ortho intramolecular Hbond substituents is 1. The molecule has 11 nitrogen and oxygen atoms in total. The molecule has 0 aliphatic carbocycles. The molecule has 1 N–H and O–H groups in total. The van der Waals surface area contributed by atoms with Crippen LogP contribution in [0.4, 0.5) is 17.1 Å². The second-order valence-electron chi connectivity index (χ2n) is 5.32. The molecule has 0 amide bonds. The van der Waals surface area contributed by atoms with Crippen LogP contribution in [0, 0.1) is 44.2 Å². The average Bonchev–Trinajstić information content (AvgIpc) is 2.54. The van der Waals surface area contributed by atoms with E-state index in [0.29, 0.717) is 18.0 Å². The molecule has 0 fully saturated rings. The third-order valence-corrected chi connectivity index (χ3v) is 3.35. The zero-order chi connectivity index (χ0) is 20.7. The highest BCUT2D eigenvalue weighted by Gasteiger charge is 2.30. The summed E-state index contributed by atoms with van der Waals surface area (Å²) >= 11 is 5.60. The molecule has 2 aromatic rings. The molecule has 0 radical (unpaired) electrons. The van der Waals surface area contributed by atoms with Gasteiger partial charge in [0.15, 0.2) is 0 Å². The maximum absolute atomic E-state index is 10.4. The number of alkyl halides is 1. The van der Waals surface area contributed by atoms with Gasteiger partial charge in [0.25, 0.3) is 11.4 Å². The first-order valence-corrected chi connectivity index (χ1v) is 7.90. The molecule has 0 unspecified atom stereocenters. The van der Waals surface area contributed by atoms with Gasteiger partial charge in [-0.3, -0.25) is 35.3 Å². The topological polar surface area (TPSA) is 163 Å². The Labute approximate surface area is 157 Å². The van der Waals surface area contributed by atoms with Gasteiger partial charge in [-0.1, -0.05) is 0 Å². The summed E-state index contributed by atoms with van der Waals surface area (Å²) in [6, 6.07) is 5.04. The number of aryl methyl sites for hydroxylation is 3. The molecule has 1 heterocycles. The van der Waals surface area contributed by atoms with Crippen LogP contribution < -0.4 is 0 Å². The van der Waals surface area contributed by atoms with Crippen molar-refractivity contribution in [3.63, 3.8) is 0 Å². The number of non-ortho nitro benzene ring substituents is 1. The smallest absolute Gasteiger partial charge is 0.324 e. The van der Waals surface area contributed by atoms with E-state index in [9.17, 15) is 30.3 Å². The Morgan fingerprint density at radius 1 is 0.963 bits per heavy atom. The third-order valence-electron chi connectivity index (χ3n) is 3.16. The van der Waals surface area contributed by atoms with E-state index in [0.717, 1.165) is 17.8 Å². The first kappa shape index (κ1) is 21.7. The molecular weight excluding hydrogens is 384 g/mol. The zero-order valence-electron chi connectivity index (χ0n) is 14.3. The highest BCUT2D eigenvalue weighted by molar-refractivity contribution is 6.17. The van der Waals surface area contributed by atoms with Crippen LogP contribution in [-0.4, -0.2) is 30.7 Å². The van der Waals surface area contributed by atoms with Crippen molar-refractivity contribution in [2.24, 2.45) is 0 Å². The number of nitrogens with zero attached hydrogens (tertiary/aromatic N) is 4. The molecule has 0 saturated carbocycles. The third kappa shape index (κ3) is 6.15. The average molecular weight is 399 g/mol. The van der Waals surface area contributed by atoms with Crippen molar-refractivity contribution in [3.05, 3.63) is 71.6 Å². The lowest BCUT2D eigenvalue weighted by molar-refractivity contribution is -0.404. The fourth-order valence-electron chi connectivity index (χ4n) is 2.12. The van der Waals surface area contributed by atoms with Crippen LogP contribution in [0.25, 0.3) is 0 Å². The van der Waals surface area contributed by atoms with Crippen LogP contribution in [0.3, 0.4) is 0 Å². The van der Waals surface area contributed by atoms with Crippen LogP contribution >= 0.6 is 11.6 Å². The summed E-state index contributed by atoms with van der Waals surface area (Å²) in [4.78, 5) is 32.1. The standard InChI is InChI=1S/C9H12ClN.C6H3N3O7/c1-7-5-8(2)11-9(6-7)3-4-10;10-6-4(8(13)14)1-3(7(11)12)2-5(6)9(15)16/h5-6H,3-4H2,1-2H3;1-2,10H. The van der Waals surface area contributed by atoms with Gasteiger partial charge in [0.2, 0.25) is 0 Å². The molecule has 0 atom stereocenters. The Morgan fingerprint density at radius 2 is 1.48 bits per heavy atom. The molecule has 0 aliphatic rings. The second-order valence-corrected chi connectivity index (χ2v) is 5.70. The van der Waals surface area contributed by atoms with Crippen molar-refractivity contribution in [1.82, 2.24) is 4.98 Å². The number of nitro benzene ring substituents is 3.